The number of ether oxygens (including phenoxy) is 2. The molecule has 0 saturated heterocycles. The zero-order chi connectivity index (χ0) is 17.1. The first kappa shape index (κ1) is 17.5. The zero-order valence-corrected chi connectivity index (χ0v) is 10.7. The van der Waals surface area contributed by atoms with Gasteiger partial charge in [-0.3, -0.25) is 14.9 Å². The summed E-state index contributed by atoms with van der Waals surface area (Å²) in [4.78, 5) is 23.6. The molecule has 0 N–H and O–H groups in total. The maximum absolute atomic E-state index is 12.8. The van der Waals surface area contributed by atoms with Crippen LogP contribution in [0.4, 0.5) is 27.6 Å². The molecule has 12 heteroatoms. The standard InChI is InChI=1S/C10H7F5N2O5/c1-21-6(18)2-4-7(9(11)12)16-3-5(17(19)20)8(4)22-10(13,14)15/h3,9H,2H2,1H3. The predicted octanol–water partition coefficient (Wildman–Crippen LogP) is 2.54. The van der Waals surface area contributed by atoms with Gasteiger partial charge in [0.05, 0.1) is 18.5 Å². The van der Waals surface area contributed by atoms with Gasteiger partial charge in [0.15, 0.2) is 0 Å². The summed E-state index contributed by atoms with van der Waals surface area (Å²) in [6.45, 7) is 0. The fourth-order valence-corrected chi connectivity index (χ4v) is 1.47. The molecule has 7 nitrogen and oxygen atoms in total. The number of nitro groups is 1. The number of rotatable bonds is 5. The molecule has 0 aliphatic heterocycles. The van der Waals surface area contributed by atoms with Crippen LogP contribution >= 0.6 is 0 Å². The molecule has 122 valence electrons. The summed E-state index contributed by atoms with van der Waals surface area (Å²) in [5.41, 5.74) is -3.61. The molecule has 0 unspecified atom stereocenters. The summed E-state index contributed by atoms with van der Waals surface area (Å²) in [6.07, 6.45) is -9.67. The molecule has 0 fully saturated rings. The molecule has 0 bridgehead atoms. The van der Waals surface area contributed by atoms with E-state index in [1.165, 1.54) is 0 Å². The van der Waals surface area contributed by atoms with Gasteiger partial charge < -0.3 is 9.47 Å². The highest BCUT2D eigenvalue weighted by Crippen LogP contribution is 2.39. The second kappa shape index (κ2) is 6.49. The minimum atomic E-state index is -5.39. The molecule has 0 amide bonds. The number of hydrogen-bond donors (Lipinski definition) is 0. The SMILES string of the molecule is COC(=O)Cc1c(C(F)F)ncc([N+](=O)[O-])c1OC(F)(F)F. The van der Waals surface area contributed by atoms with Crippen molar-refractivity contribution in [2.24, 2.45) is 0 Å². The second-order valence-electron chi connectivity index (χ2n) is 3.69. The van der Waals surface area contributed by atoms with Crippen LogP contribution in [0.25, 0.3) is 0 Å². The average Bonchev–Trinajstić information content (AvgIpc) is 2.37. The van der Waals surface area contributed by atoms with E-state index in [4.69, 9.17) is 0 Å². The van der Waals surface area contributed by atoms with E-state index in [0.717, 1.165) is 7.11 Å². The van der Waals surface area contributed by atoms with E-state index >= 15 is 0 Å². The minimum Gasteiger partial charge on any atom is -0.469 e. The monoisotopic (exact) mass is 330 g/mol. The molecule has 1 heterocycles. The van der Waals surface area contributed by atoms with Crippen LogP contribution in [0.2, 0.25) is 0 Å². The Balaban J connectivity index is 3.57. The second-order valence-corrected chi connectivity index (χ2v) is 3.69. The molecule has 22 heavy (non-hydrogen) atoms. The van der Waals surface area contributed by atoms with E-state index in [9.17, 15) is 36.9 Å². The molecule has 0 aromatic carbocycles. The van der Waals surface area contributed by atoms with Gasteiger partial charge in [0.2, 0.25) is 5.75 Å². The van der Waals surface area contributed by atoms with Crippen molar-refractivity contribution in [3.63, 3.8) is 0 Å². The fraction of sp³-hybridized carbons (Fsp3) is 0.400. The topological polar surface area (TPSA) is 91.6 Å². The molecule has 0 spiro atoms. The maximum Gasteiger partial charge on any atom is 0.573 e. The van der Waals surface area contributed by atoms with Crippen LogP contribution in [0.15, 0.2) is 6.20 Å². The van der Waals surface area contributed by atoms with Gasteiger partial charge in [0, 0.05) is 5.56 Å². The number of nitrogens with zero attached hydrogens (tertiary/aromatic N) is 2. The van der Waals surface area contributed by atoms with E-state index in [0.29, 0.717) is 0 Å². The smallest absolute Gasteiger partial charge is 0.469 e. The Morgan fingerprint density at radius 3 is 2.45 bits per heavy atom. The Morgan fingerprint density at radius 1 is 1.45 bits per heavy atom. The molecule has 0 aliphatic rings. The number of esters is 1. The summed E-state index contributed by atoms with van der Waals surface area (Å²) < 4.78 is 70.3. The van der Waals surface area contributed by atoms with Crippen molar-refractivity contribution >= 4 is 11.7 Å². The van der Waals surface area contributed by atoms with Gasteiger partial charge in [-0.2, -0.15) is 0 Å². The average molecular weight is 330 g/mol. The van der Waals surface area contributed by atoms with Gasteiger partial charge in [0.1, 0.15) is 11.9 Å². The number of halogens is 5. The lowest BCUT2D eigenvalue weighted by atomic mass is 10.1. The van der Waals surface area contributed by atoms with Crippen LogP contribution in [0.3, 0.4) is 0 Å². The molecule has 1 aromatic rings. The lowest BCUT2D eigenvalue weighted by molar-refractivity contribution is -0.389. The number of aromatic nitrogens is 1. The third kappa shape index (κ3) is 4.23. The summed E-state index contributed by atoms with van der Waals surface area (Å²) in [7, 11) is 0.861. The van der Waals surface area contributed by atoms with E-state index in [1.54, 1.807) is 0 Å². The van der Waals surface area contributed by atoms with Crippen LogP contribution < -0.4 is 4.74 Å². The first-order valence-electron chi connectivity index (χ1n) is 5.33. The van der Waals surface area contributed by atoms with Crippen molar-refractivity contribution < 1.29 is 41.1 Å². The number of carbonyl (C=O) groups is 1. The molecular formula is C10H7F5N2O5. The molecule has 0 saturated carbocycles. The van der Waals surface area contributed by atoms with Crippen molar-refractivity contribution in [2.75, 3.05) is 7.11 Å². The Morgan fingerprint density at radius 2 is 2.05 bits per heavy atom. The van der Waals surface area contributed by atoms with Crippen molar-refractivity contribution in [1.82, 2.24) is 4.98 Å². The Kier molecular flexibility index (Phi) is 5.17. The Hall–Kier alpha value is -2.53. The van der Waals surface area contributed by atoms with E-state index in [2.05, 4.69) is 14.5 Å². The third-order valence-corrected chi connectivity index (χ3v) is 2.31. The summed E-state index contributed by atoms with van der Waals surface area (Å²) in [5.74, 6) is -2.72. The van der Waals surface area contributed by atoms with Gasteiger partial charge >= 0.3 is 18.0 Å². The summed E-state index contributed by atoms with van der Waals surface area (Å²) in [5, 5.41) is 10.7. The van der Waals surface area contributed by atoms with Crippen LogP contribution in [0.5, 0.6) is 5.75 Å². The van der Waals surface area contributed by atoms with Crippen molar-refractivity contribution in [1.29, 1.82) is 0 Å². The minimum absolute atomic E-state index is 0.198. The lowest BCUT2D eigenvalue weighted by Crippen LogP contribution is -2.21. The van der Waals surface area contributed by atoms with Crippen LogP contribution in [-0.2, 0) is 16.0 Å². The number of alkyl halides is 5. The van der Waals surface area contributed by atoms with Crippen molar-refractivity contribution in [2.45, 2.75) is 19.2 Å². The highest BCUT2D eigenvalue weighted by atomic mass is 19.4. The molecule has 1 aromatic heterocycles. The molecular weight excluding hydrogens is 323 g/mol. The quantitative estimate of drug-likeness (QED) is 0.357. The number of carbonyl (C=O) groups excluding carboxylic acids is 1. The maximum atomic E-state index is 12.8. The largest absolute Gasteiger partial charge is 0.573 e. The number of pyridine rings is 1. The van der Waals surface area contributed by atoms with Gasteiger partial charge in [-0.05, 0) is 0 Å². The normalized spacial score (nSPS) is 11.4. The zero-order valence-electron chi connectivity index (χ0n) is 10.7. The van der Waals surface area contributed by atoms with Crippen LogP contribution in [-0.4, -0.2) is 29.3 Å². The lowest BCUT2D eigenvalue weighted by Gasteiger charge is -2.15. The van der Waals surface area contributed by atoms with E-state index in [-0.39, 0.29) is 6.20 Å². The predicted molar refractivity (Wildman–Crippen MR) is 58.3 cm³/mol. The van der Waals surface area contributed by atoms with Crippen molar-refractivity contribution in [3.8, 4) is 5.75 Å². The fourth-order valence-electron chi connectivity index (χ4n) is 1.47. The first-order valence-corrected chi connectivity index (χ1v) is 5.33. The molecule has 0 radical (unpaired) electrons. The van der Waals surface area contributed by atoms with E-state index < -0.39 is 52.8 Å². The third-order valence-electron chi connectivity index (χ3n) is 2.31. The van der Waals surface area contributed by atoms with Gasteiger partial charge in [-0.25, -0.2) is 13.8 Å². The highest BCUT2D eigenvalue weighted by molar-refractivity contribution is 5.75. The molecule has 1 rings (SSSR count). The summed E-state index contributed by atoms with van der Waals surface area (Å²) >= 11 is 0. The van der Waals surface area contributed by atoms with Crippen molar-refractivity contribution in [3.05, 3.63) is 27.6 Å². The van der Waals surface area contributed by atoms with Gasteiger partial charge in [-0.15, -0.1) is 13.2 Å². The molecule has 0 atom stereocenters. The number of hydrogen-bond acceptors (Lipinski definition) is 6. The van der Waals surface area contributed by atoms with E-state index in [1.807, 2.05) is 0 Å². The van der Waals surface area contributed by atoms with Crippen LogP contribution in [0.1, 0.15) is 17.7 Å². The first-order chi connectivity index (χ1) is 10.1. The van der Waals surface area contributed by atoms with Gasteiger partial charge in [-0.1, -0.05) is 0 Å². The molecule has 0 aliphatic carbocycles. The van der Waals surface area contributed by atoms with Crippen LogP contribution in [0, 0.1) is 10.1 Å². The highest BCUT2D eigenvalue weighted by Gasteiger charge is 2.38. The van der Waals surface area contributed by atoms with Gasteiger partial charge in [0.25, 0.3) is 6.43 Å². The Bertz CT molecular complexity index is 590. The number of methoxy groups -OCH3 is 1. The summed E-state index contributed by atoms with van der Waals surface area (Å²) in [6, 6.07) is 0. The Labute approximate surface area is 118 Å².